The summed E-state index contributed by atoms with van der Waals surface area (Å²) < 4.78 is 5.20. The molecule has 0 saturated carbocycles. The number of benzene rings is 1. The second-order valence-electron chi connectivity index (χ2n) is 6.83. The van der Waals surface area contributed by atoms with Gasteiger partial charge in [-0.05, 0) is 26.7 Å². The summed E-state index contributed by atoms with van der Waals surface area (Å²) in [5.74, 6) is 0.638. The van der Waals surface area contributed by atoms with Crippen LogP contribution in [0.15, 0.2) is 35.3 Å². The lowest BCUT2D eigenvalue weighted by Crippen LogP contribution is -2.48. The Morgan fingerprint density at radius 3 is 2.89 bits per heavy atom. The molecule has 0 spiro atoms. The van der Waals surface area contributed by atoms with Gasteiger partial charge in [-0.2, -0.15) is 0 Å². The number of aryl methyl sites for hydroxylation is 1. The van der Waals surface area contributed by atoms with Gasteiger partial charge in [0.15, 0.2) is 5.96 Å². The molecule has 1 saturated heterocycles. The van der Waals surface area contributed by atoms with E-state index in [-0.39, 0.29) is 11.9 Å². The third-order valence-electron chi connectivity index (χ3n) is 4.87. The molecule has 0 radical (unpaired) electrons. The van der Waals surface area contributed by atoms with Crippen LogP contribution in [0.25, 0.3) is 10.6 Å². The lowest BCUT2D eigenvalue weighted by Gasteiger charge is -2.33. The molecular weight excluding hydrogens is 372 g/mol. The van der Waals surface area contributed by atoms with Crippen molar-refractivity contribution in [3.8, 4) is 10.6 Å². The van der Waals surface area contributed by atoms with Crippen LogP contribution in [-0.2, 0) is 16.1 Å². The summed E-state index contributed by atoms with van der Waals surface area (Å²) in [4.78, 5) is 24.6. The first-order valence-corrected chi connectivity index (χ1v) is 10.6. The molecule has 2 aromatic rings. The number of piperidine rings is 1. The van der Waals surface area contributed by atoms with E-state index >= 15 is 0 Å². The smallest absolute Gasteiger partial charge is 0.310 e. The summed E-state index contributed by atoms with van der Waals surface area (Å²) in [6.45, 7) is 6.53. The zero-order chi connectivity index (χ0) is 19.9. The number of aliphatic imine (C=N–C) groups is 1. The van der Waals surface area contributed by atoms with Gasteiger partial charge in [0, 0.05) is 30.6 Å². The highest BCUT2D eigenvalue weighted by molar-refractivity contribution is 7.15. The Kier molecular flexibility index (Phi) is 7.03. The molecule has 1 N–H and O–H groups in total. The van der Waals surface area contributed by atoms with Crippen LogP contribution in [0.4, 0.5) is 0 Å². The van der Waals surface area contributed by atoms with E-state index in [2.05, 4.69) is 27.3 Å². The maximum Gasteiger partial charge on any atom is 0.310 e. The summed E-state index contributed by atoms with van der Waals surface area (Å²) in [5, 5.41) is 4.48. The second-order valence-corrected chi connectivity index (χ2v) is 7.92. The summed E-state index contributed by atoms with van der Waals surface area (Å²) in [6.07, 6.45) is 1.84. The van der Waals surface area contributed by atoms with Crippen LogP contribution < -0.4 is 5.32 Å². The number of nitrogens with one attached hydrogen (secondary N) is 1. The Bertz CT molecular complexity index is 819. The van der Waals surface area contributed by atoms with E-state index in [1.54, 1.807) is 18.4 Å². The maximum atomic E-state index is 12.1. The van der Waals surface area contributed by atoms with Crippen molar-refractivity contribution in [3.63, 3.8) is 0 Å². The Morgan fingerprint density at radius 2 is 2.18 bits per heavy atom. The van der Waals surface area contributed by atoms with E-state index in [1.807, 2.05) is 32.0 Å². The predicted molar refractivity (Wildman–Crippen MR) is 113 cm³/mol. The molecule has 1 aromatic heterocycles. The first-order chi connectivity index (χ1) is 13.6. The van der Waals surface area contributed by atoms with Gasteiger partial charge in [-0.15, -0.1) is 11.3 Å². The van der Waals surface area contributed by atoms with E-state index in [0.29, 0.717) is 19.7 Å². The van der Waals surface area contributed by atoms with Gasteiger partial charge in [-0.25, -0.2) is 4.98 Å². The van der Waals surface area contributed by atoms with Crippen molar-refractivity contribution >= 4 is 23.3 Å². The number of thiazole rings is 1. The fourth-order valence-corrected chi connectivity index (χ4v) is 4.42. The third-order valence-corrected chi connectivity index (χ3v) is 6.08. The van der Waals surface area contributed by atoms with Gasteiger partial charge in [0.1, 0.15) is 5.01 Å². The van der Waals surface area contributed by atoms with Crippen molar-refractivity contribution < 1.29 is 9.53 Å². The average Bonchev–Trinajstić information content (AvgIpc) is 3.10. The molecule has 0 amide bonds. The minimum atomic E-state index is -0.103. The number of hydrogen-bond donors (Lipinski definition) is 1. The number of ether oxygens (including phenoxy) is 1. The highest BCUT2D eigenvalue weighted by Crippen LogP contribution is 2.27. The van der Waals surface area contributed by atoms with Crippen LogP contribution in [0.5, 0.6) is 0 Å². The first kappa shape index (κ1) is 20.3. The van der Waals surface area contributed by atoms with Crippen LogP contribution >= 0.6 is 11.3 Å². The van der Waals surface area contributed by atoms with Crippen molar-refractivity contribution in [1.29, 1.82) is 0 Å². The minimum Gasteiger partial charge on any atom is -0.466 e. The third kappa shape index (κ3) is 4.90. The number of likely N-dealkylation sites (tertiary alicyclic amines) is 1. The van der Waals surface area contributed by atoms with Crippen LogP contribution in [0.1, 0.15) is 30.3 Å². The number of aromatic nitrogens is 1. The summed E-state index contributed by atoms with van der Waals surface area (Å²) >= 11 is 1.70. The number of carbonyl (C=O) groups excluding carboxylic acids is 1. The van der Waals surface area contributed by atoms with Crippen molar-refractivity contribution in [2.45, 2.75) is 33.2 Å². The lowest BCUT2D eigenvalue weighted by molar-refractivity contribution is -0.149. The van der Waals surface area contributed by atoms with E-state index in [4.69, 9.17) is 9.72 Å². The highest BCUT2D eigenvalue weighted by atomic mass is 32.1. The normalized spacial score (nSPS) is 17.5. The van der Waals surface area contributed by atoms with Gasteiger partial charge in [-0.1, -0.05) is 30.3 Å². The van der Waals surface area contributed by atoms with Crippen LogP contribution in [0, 0.1) is 12.8 Å². The number of rotatable bonds is 5. The van der Waals surface area contributed by atoms with E-state index in [1.165, 1.54) is 4.88 Å². The molecule has 0 aliphatic carbocycles. The standard InChI is InChI=1S/C21H28N4O2S/c1-4-27-20(26)17-11-8-12-25(14-17)21(22-3)23-13-18-15(2)24-19(28-18)16-9-6-5-7-10-16/h5-7,9-10,17H,4,8,11-14H2,1-3H3,(H,22,23). The zero-order valence-corrected chi connectivity index (χ0v) is 17.6. The summed E-state index contributed by atoms with van der Waals surface area (Å²) in [6, 6.07) is 10.2. The number of hydrogen-bond acceptors (Lipinski definition) is 5. The molecule has 1 unspecified atom stereocenters. The monoisotopic (exact) mass is 400 g/mol. The van der Waals surface area contributed by atoms with Gasteiger partial charge < -0.3 is 15.0 Å². The molecule has 6 nitrogen and oxygen atoms in total. The number of esters is 1. The number of guanidine groups is 1. The van der Waals surface area contributed by atoms with Crippen LogP contribution in [0.2, 0.25) is 0 Å². The van der Waals surface area contributed by atoms with E-state index in [0.717, 1.165) is 41.6 Å². The Labute approximate surface area is 170 Å². The molecule has 2 heterocycles. The Hall–Kier alpha value is -2.41. The van der Waals surface area contributed by atoms with Crippen molar-refractivity contribution in [1.82, 2.24) is 15.2 Å². The molecule has 1 aliphatic rings. The molecule has 1 aliphatic heterocycles. The van der Waals surface area contributed by atoms with Crippen molar-refractivity contribution in [3.05, 3.63) is 40.9 Å². The van der Waals surface area contributed by atoms with Gasteiger partial charge in [0.2, 0.25) is 0 Å². The van der Waals surface area contributed by atoms with Gasteiger partial charge in [-0.3, -0.25) is 9.79 Å². The van der Waals surface area contributed by atoms with Gasteiger partial charge >= 0.3 is 5.97 Å². The van der Waals surface area contributed by atoms with Crippen LogP contribution in [0.3, 0.4) is 0 Å². The molecular formula is C21H28N4O2S. The first-order valence-electron chi connectivity index (χ1n) is 9.76. The zero-order valence-electron chi connectivity index (χ0n) is 16.8. The average molecular weight is 401 g/mol. The molecule has 7 heteroatoms. The number of nitrogens with zero attached hydrogens (tertiary/aromatic N) is 3. The van der Waals surface area contributed by atoms with E-state index in [9.17, 15) is 4.79 Å². The minimum absolute atomic E-state index is 0.0814. The Morgan fingerprint density at radius 1 is 1.39 bits per heavy atom. The quantitative estimate of drug-likeness (QED) is 0.473. The van der Waals surface area contributed by atoms with Crippen LogP contribution in [-0.4, -0.2) is 48.6 Å². The summed E-state index contributed by atoms with van der Waals surface area (Å²) in [7, 11) is 1.78. The Balaban J connectivity index is 1.63. The van der Waals surface area contributed by atoms with E-state index < -0.39 is 0 Å². The molecule has 1 fully saturated rings. The molecule has 1 aromatic carbocycles. The van der Waals surface area contributed by atoms with Gasteiger partial charge in [0.05, 0.1) is 24.8 Å². The second kappa shape index (κ2) is 9.68. The van der Waals surface area contributed by atoms with Crippen molar-refractivity contribution in [2.75, 3.05) is 26.7 Å². The molecule has 3 rings (SSSR count). The summed E-state index contributed by atoms with van der Waals surface area (Å²) in [5.41, 5.74) is 2.18. The lowest BCUT2D eigenvalue weighted by atomic mass is 9.98. The predicted octanol–water partition coefficient (Wildman–Crippen LogP) is 3.47. The van der Waals surface area contributed by atoms with Crippen molar-refractivity contribution in [2.24, 2.45) is 10.9 Å². The fourth-order valence-electron chi connectivity index (χ4n) is 3.41. The topological polar surface area (TPSA) is 66.8 Å². The maximum absolute atomic E-state index is 12.1. The largest absolute Gasteiger partial charge is 0.466 e. The number of carbonyl (C=O) groups is 1. The molecule has 0 bridgehead atoms. The molecule has 1 atom stereocenters. The molecule has 28 heavy (non-hydrogen) atoms. The molecule has 150 valence electrons. The highest BCUT2D eigenvalue weighted by Gasteiger charge is 2.28. The van der Waals surface area contributed by atoms with Gasteiger partial charge in [0.25, 0.3) is 0 Å². The fraction of sp³-hybridized carbons (Fsp3) is 0.476. The SMILES string of the molecule is CCOC(=O)C1CCCN(C(=NC)NCc2sc(-c3ccccc3)nc2C)C1.